The fourth-order valence-corrected chi connectivity index (χ4v) is 3.27. The van der Waals surface area contributed by atoms with Crippen LogP contribution in [0.5, 0.6) is 5.75 Å². The maximum absolute atomic E-state index is 13.1. The Labute approximate surface area is 170 Å². The molecule has 0 heterocycles. The van der Waals surface area contributed by atoms with Gasteiger partial charge in [0, 0.05) is 5.41 Å². The number of rotatable bonds is 5. The Morgan fingerprint density at radius 2 is 1.00 bits per heavy atom. The molecule has 3 aromatic rings. The van der Waals surface area contributed by atoms with Crippen LogP contribution < -0.4 is 4.74 Å². The van der Waals surface area contributed by atoms with Gasteiger partial charge < -0.3 is 4.74 Å². The second-order valence-electron chi connectivity index (χ2n) is 7.02. The van der Waals surface area contributed by atoms with Crippen LogP contribution in [0, 0.1) is 13.8 Å². The quantitative estimate of drug-likeness (QED) is 0.316. The van der Waals surface area contributed by atoms with Crippen LogP contribution in [-0.2, 0) is 5.41 Å². The summed E-state index contributed by atoms with van der Waals surface area (Å²) in [7, 11) is 0. The molecule has 0 amide bonds. The van der Waals surface area contributed by atoms with E-state index >= 15 is 0 Å². The van der Waals surface area contributed by atoms with Crippen LogP contribution in [0.15, 0.2) is 84.9 Å². The molecule has 0 aliphatic carbocycles. The van der Waals surface area contributed by atoms with Gasteiger partial charge in [0.15, 0.2) is 0 Å². The summed E-state index contributed by atoms with van der Waals surface area (Å²) < 4.78 is 42.1. The highest BCUT2D eigenvalue weighted by Gasteiger charge is 2.31. The van der Waals surface area contributed by atoms with E-state index in [0.717, 1.165) is 27.8 Å². The van der Waals surface area contributed by atoms with E-state index in [9.17, 15) is 13.2 Å². The summed E-state index contributed by atoms with van der Waals surface area (Å²) in [4.78, 5) is 0. The van der Waals surface area contributed by atoms with Crippen molar-refractivity contribution in [2.75, 3.05) is 0 Å². The predicted octanol–water partition coefficient (Wildman–Crippen LogP) is 7.71. The van der Waals surface area contributed by atoms with Gasteiger partial charge in [-0.1, -0.05) is 79.2 Å². The van der Waals surface area contributed by atoms with E-state index in [1.807, 2.05) is 13.8 Å². The molecule has 4 heteroatoms. The Hall–Kier alpha value is -3.01. The molecule has 3 rings (SSSR count). The molecule has 0 atom stereocenters. The first-order chi connectivity index (χ1) is 13.3. The molecule has 3 aromatic carbocycles. The summed E-state index contributed by atoms with van der Waals surface area (Å²) in [5.41, 5.74) is 4.98. The van der Waals surface area contributed by atoms with Crippen LogP contribution in [0.4, 0.5) is 13.2 Å². The molecule has 29 heavy (non-hydrogen) atoms. The van der Waals surface area contributed by atoms with Gasteiger partial charge in [-0.2, -0.15) is 13.2 Å². The average molecular weight is 398 g/mol. The van der Waals surface area contributed by atoms with Gasteiger partial charge in [0.1, 0.15) is 5.75 Å². The molecule has 0 N–H and O–H groups in total. The summed E-state index contributed by atoms with van der Waals surface area (Å²) in [5, 5.41) is 0. The minimum absolute atomic E-state index is 0. The zero-order valence-electron chi connectivity index (χ0n) is 16.0. The second-order valence-corrected chi connectivity index (χ2v) is 7.02. The number of hydrogen-bond donors (Lipinski definition) is 0. The molecule has 0 radical (unpaired) electrons. The Morgan fingerprint density at radius 3 is 1.34 bits per heavy atom. The van der Waals surface area contributed by atoms with Crippen molar-refractivity contribution in [3.63, 3.8) is 0 Å². The van der Waals surface area contributed by atoms with Gasteiger partial charge in [-0.15, -0.1) is 0 Å². The molecular weight excluding hydrogens is 373 g/mol. The summed E-state index contributed by atoms with van der Waals surface area (Å²) >= 11 is 0. The lowest BCUT2D eigenvalue weighted by atomic mass is 9.71. The molecule has 1 nitrogen and oxygen atoms in total. The van der Waals surface area contributed by atoms with Crippen LogP contribution >= 0.6 is 0 Å². The largest absolute Gasteiger partial charge is 0.428 e. The van der Waals surface area contributed by atoms with Gasteiger partial charge in [0.25, 0.3) is 0 Å². The number of aryl methyl sites for hydroxylation is 2. The highest BCUT2D eigenvalue weighted by Crippen LogP contribution is 2.39. The van der Waals surface area contributed by atoms with Gasteiger partial charge in [0.05, 0.1) is 0 Å². The highest BCUT2D eigenvalue weighted by molar-refractivity contribution is 5.51. The monoisotopic (exact) mass is 398 g/mol. The first-order valence-corrected chi connectivity index (χ1v) is 8.94. The van der Waals surface area contributed by atoms with Crippen molar-refractivity contribution >= 4 is 0 Å². The summed E-state index contributed by atoms with van der Waals surface area (Å²) in [6, 6.07) is 21.2. The van der Waals surface area contributed by atoms with E-state index in [1.165, 1.54) is 12.1 Å². The van der Waals surface area contributed by atoms with E-state index in [-0.39, 0.29) is 13.2 Å². The summed E-state index contributed by atoms with van der Waals surface area (Å²) in [5.74, 6) is 0.0178. The van der Waals surface area contributed by atoms with Gasteiger partial charge in [-0.3, -0.25) is 0 Å². The van der Waals surface area contributed by atoms with Crippen molar-refractivity contribution in [1.82, 2.24) is 0 Å². The maximum Gasteiger partial charge on any atom is 0.344 e. The first kappa shape index (κ1) is 22.3. The topological polar surface area (TPSA) is 9.23 Å². The third kappa shape index (κ3) is 4.70. The van der Waals surface area contributed by atoms with Crippen molar-refractivity contribution < 1.29 is 17.9 Å². The zero-order chi connectivity index (χ0) is 20.3. The smallest absolute Gasteiger partial charge is 0.344 e. The van der Waals surface area contributed by atoms with Crippen LogP contribution in [0.25, 0.3) is 0 Å². The molecule has 0 aliphatic heterocycles. The molecule has 0 saturated heterocycles. The number of ether oxygens (including phenoxy) is 1. The van der Waals surface area contributed by atoms with Crippen molar-refractivity contribution in [1.29, 1.82) is 0 Å². The van der Waals surface area contributed by atoms with Crippen molar-refractivity contribution in [3.05, 3.63) is 113 Å². The van der Waals surface area contributed by atoms with E-state index in [1.54, 1.807) is 12.1 Å². The minimum atomic E-state index is -2.48. The summed E-state index contributed by atoms with van der Waals surface area (Å²) in [6.45, 7) is 6.18. The molecule has 0 bridgehead atoms. The lowest BCUT2D eigenvalue weighted by Gasteiger charge is -2.32. The molecule has 0 aliphatic rings. The standard InChI is InChI=1S/C24H21F3O.CH4/c1-16-4-8-18(9-5-16)24(3,19-10-6-17(2)7-11-19)20-12-14-21(15-13-20)28-23(27)22(25)26;/h4-15H,1-3H3;1H4. The second kappa shape index (κ2) is 8.99. The van der Waals surface area contributed by atoms with Crippen molar-refractivity contribution in [2.45, 2.75) is 33.6 Å². The van der Waals surface area contributed by atoms with Crippen LogP contribution in [0.1, 0.15) is 42.2 Å². The Bertz CT molecular complexity index is 923. The third-order valence-corrected chi connectivity index (χ3v) is 5.05. The van der Waals surface area contributed by atoms with Crippen LogP contribution in [-0.4, -0.2) is 0 Å². The van der Waals surface area contributed by atoms with Gasteiger partial charge >= 0.3 is 12.1 Å². The molecule has 0 aromatic heterocycles. The van der Waals surface area contributed by atoms with E-state index in [4.69, 9.17) is 0 Å². The first-order valence-electron chi connectivity index (χ1n) is 8.94. The van der Waals surface area contributed by atoms with Gasteiger partial charge in [-0.05, 0) is 49.6 Å². The molecule has 0 fully saturated rings. The van der Waals surface area contributed by atoms with Gasteiger partial charge in [-0.25, -0.2) is 0 Å². The summed E-state index contributed by atoms with van der Waals surface area (Å²) in [6.07, 6.45) is -2.48. The zero-order valence-corrected chi connectivity index (χ0v) is 16.0. The Morgan fingerprint density at radius 1 is 0.655 bits per heavy atom. The van der Waals surface area contributed by atoms with Crippen molar-refractivity contribution in [3.8, 4) is 5.75 Å². The lowest BCUT2D eigenvalue weighted by Crippen LogP contribution is -2.25. The lowest BCUT2D eigenvalue weighted by molar-refractivity contribution is 0.241. The molecule has 152 valence electrons. The van der Waals surface area contributed by atoms with Crippen LogP contribution in [0.2, 0.25) is 0 Å². The fraction of sp³-hybridized carbons (Fsp3) is 0.200. The highest BCUT2D eigenvalue weighted by atomic mass is 19.3. The molecular formula is C25H25F3O. The van der Waals surface area contributed by atoms with Gasteiger partial charge in [0.2, 0.25) is 0 Å². The average Bonchev–Trinajstić information content (AvgIpc) is 2.69. The minimum Gasteiger partial charge on any atom is -0.428 e. The maximum atomic E-state index is 13.1. The van der Waals surface area contributed by atoms with E-state index in [2.05, 4.69) is 60.2 Å². The SMILES string of the molecule is C.Cc1ccc(C(C)(c2ccc(C)cc2)c2ccc(OC(F)=C(F)F)cc2)cc1. The number of halogens is 3. The third-order valence-electron chi connectivity index (χ3n) is 5.05. The molecule has 0 spiro atoms. The van der Waals surface area contributed by atoms with E-state index < -0.39 is 17.5 Å². The number of hydrogen-bond acceptors (Lipinski definition) is 1. The van der Waals surface area contributed by atoms with Crippen molar-refractivity contribution in [2.24, 2.45) is 0 Å². The Kier molecular flexibility index (Phi) is 6.91. The predicted molar refractivity (Wildman–Crippen MR) is 112 cm³/mol. The number of benzene rings is 3. The molecule has 0 unspecified atom stereocenters. The Balaban J connectivity index is 0.00000300. The van der Waals surface area contributed by atoms with Crippen LogP contribution in [0.3, 0.4) is 0 Å². The van der Waals surface area contributed by atoms with E-state index in [0.29, 0.717) is 0 Å². The fourth-order valence-electron chi connectivity index (χ4n) is 3.27. The molecule has 0 saturated carbocycles. The normalized spacial score (nSPS) is 10.8.